The summed E-state index contributed by atoms with van der Waals surface area (Å²) >= 11 is 0. The van der Waals surface area contributed by atoms with E-state index in [9.17, 15) is 4.79 Å². The van der Waals surface area contributed by atoms with E-state index in [4.69, 9.17) is 4.74 Å². The van der Waals surface area contributed by atoms with Crippen molar-refractivity contribution in [2.24, 2.45) is 0 Å². The SMILES string of the molecule is CCOC(=O)c1cccc(N(CCN(C)C)Cc2ccccc2)c1. The highest BCUT2D eigenvalue weighted by Gasteiger charge is 2.12. The van der Waals surface area contributed by atoms with E-state index in [2.05, 4.69) is 48.2 Å². The number of likely N-dealkylation sites (N-methyl/N-ethyl adjacent to an activating group) is 1. The molecule has 0 heterocycles. The Hall–Kier alpha value is -2.33. The summed E-state index contributed by atoms with van der Waals surface area (Å²) in [5, 5.41) is 0. The van der Waals surface area contributed by atoms with Gasteiger partial charge in [0, 0.05) is 25.3 Å². The number of benzene rings is 2. The highest BCUT2D eigenvalue weighted by atomic mass is 16.5. The van der Waals surface area contributed by atoms with Crippen molar-refractivity contribution in [1.82, 2.24) is 4.90 Å². The Morgan fingerprint density at radius 3 is 2.42 bits per heavy atom. The van der Waals surface area contributed by atoms with Crippen molar-refractivity contribution in [1.29, 1.82) is 0 Å². The van der Waals surface area contributed by atoms with E-state index in [1.165, 1.54) is 5.56 Å². The summed E-state index contributed by atoms with van der Waals surface area (Å²) in [5.41, 5.74) is 2.88. The minimum atomic E-state index is -0.272. The second-order valence-corrected chi connectivity index (χ2v) is 5.98. The van der Waals surface area contributed by atoms with Crippen LogP contribution in [0.1, 0.15) is 22.8 Å². The number of rotatable bonds is 8. The maximum Gasteiger partial charge on any atom is 0.338 e. The van der Waals surface area contributed by atoms with E-state index in [-0.39, 0.29) is 5.97 Å². The van der Waals surface area contributed by atoms with Crippen molar-refractivity contribution in [2.75, 3.05) is 38.7 Å². The van der Waals surface area contributed by atoms with Crippen molar-refractivity contribution in [3.05, 3.63) is 65.7 Å². The standard InChI is InChI=1S/C20H26N2O2/c1-4-24-20(23)18-11-8-12-19(15-18)22(14-13-21(2)3)16-17-9-6-5-7-10-17/h5-12,15H,4,13-14,16H2,1-3H3. The van der Waals surface area contributed by atoms with E-state index in [0.29, 0.717) is 12.2 Å². The van der Waals surface area contributed by atoms with Crippen LogP contribution in [0, 0.1) is 0 Å². The molecule has 0 atom stereocenters. The molecule has 0 saturated carbocycles. The predicted octanol–water partition coefficient (Wildman–Crippen LogP) is 3.43. The lowest BCUT2D eigenvalue weighted by molar-refractivity contribution is 0.0526. The monoisotopic (exact) mass is 326 g/mol. The fourth-order valence-corrected chi connectivity index (χ4v) is 2.47. The molecular weight excluding hydrogens is 300 g/mol. The van der Waals surface area contributed by atoms with E-state index >= 15 is 0 Å². The molecule has 0 aliphatic rings. The quantitative estimate of drug-likeness (QED) is 0.696. The highest BCUT2D eigenvalue weighted by molar-refractivity contribution is 5.90. The number of anilines is 1. The zero-order chi connectivity index (χ0) is 17.4. The topological polar surface area (TPSA) is 32.8 Å². The number of hydrogen-bond donors (Lipinski definition) is 0. The van der Waals surface area contributed by atoms with Crippen molar-refractivity contribution >= 4 is 11.7 Å². The van der Waals surface area contributed by atoms with Crippen molar-refractivity contribution in [3.63, 3.8) is 0 Å². The second kappa shape index (κ2) is 9.08. The van der Waals surface area contributed by atoms with Crippen molar-refractivity contribution in [2.45, 2.75) is 13.5 Å². The summed E-state index contributed by atoms with van der Waals surface area (Å²) in [6, 6.07) is 18.0. The van der Waals surface area contributed by atoms with Crippen LogP contribution >= 0.6 is 0 Å². The van der Waals surface area contributed by atoms with Gasteiger partial charge in [0.15, 0.2) is 0 Å². The minimum Gasteiger partial charge on any atom is -0.462 e. The predicted molar refractivity (Wildman–Crippen MR) is 98.4 cm³/mol. The van der Waals surface area contributed by atoms with Crippen LogP contribution < -0.4 is 4.90 Å². The third-order valence-corrected chi connectivity index (χ3v) is 3.76. The van der Waals surface area contributed by atoms with Gasteiger partial charge in [0.25, 0.3) is 0 Å². The number of nitrogens with zero attached hydrogens (tertiary/aromatic N) is 2. The molecule has 0 unspecified atom stereocenters. The van der Waals surface area contributed by atoms with Gasteiger partial charge >= 0.3 is 5.97 Å². The van der Waals surface area contributed by atoms with Gasteiger partial charge in [-0.1, -0.05) is 36.4 Å². The number of esters is 1. The lowest BCUT2D eigenvalue weighted by Gasteiger charge is -2.27. The molecule has 0 amide bonds. The average molecular weight is 326 g/mol. The first-order valence-corrected chi connectivity index (χ1v) is 8.31. The number of ether oxygens (including phenoxy) is 1. The molecule has 0 aliphatic carbocycles. The van der Waals surface area contributed by atoms with Gasteiger partial charge in [0.05, 0.1) is 12.2 Å². The van der Waals surface area contributed by atoms with Gasteiger partial charge in [-0.2, -0.15) is 0 Å². The maximum atomic E-state index is 12.0. The fourth-order valence-electron chi connectivity index (χ4n) is 2.47. The maximum absolute atomic E-state index is 12.0. The molecule has 0 spiro atoms. The van der Waals surface area contributed by atoms with Gasteiger partial charge in [-0.15, -0.1) is 0 Å². The van der Waals surface area contributed by atoms with Crippen LogP contribution in [-0.2, 0) is 11.3 Å². The molecule has 24 heavy (non-hydrogen) atoms. The molecule has 4 heteroatoms. The van der Waals surface area contributed by atoms with Crippen LogP contribution in [0.25, 0.3) is 0 Å². The molecule has 2 aromatic rings. The third kappa shape index (κ3) is 5.39. The van der Waals surface area contributed by atoms with Crippen molar-refractivity contribution < 1.29 is 9.53 Å². The Bertz CT molecular complexity index is 641. The number of carbonyl (C=O) groups excluding carboxylic acids is 1. The van der Waals surface area contributed by atoms with Crippen LogP contribution in [0.15, 0.2) is 54.6 Å². The van der Waals surface area contributed by atoms with Gasteiger partial charge in [-0.25, -0.2) is 4.79 Å². The summed E-state index contributed by atoms with van der Waals surface area (Å²) in [7, 11) is 4.13. The summed E-state index contributed by atoms with van der Waals surface area (Å²) in [5.74, 6) is -0.272. The zero-order valence-corrected chi connectivity index (χ0v) is 14.7. The Morgan fingerprint density at radius 1 is 1.00 bits per heavy atom. The lowest BCUT2D eigenvalue weighted by Crippen LogP contribution is -2.31. The van der Waals surface area contributed by atoms with Crippen LogP contribution in [-0.4, -0.2) is 44.7 Å². The Balaban J connectivity index is 2.22. The van der Waals surface area contributed by atoms with E-state index in [1.54, 1.807) is 6.07 Å². The molecule has 0 radical (unpaired) electrons. The Labute approximate surface area is 144 Å². The van der Waals surface area contributed by atoms with E-state index in [1.807, 2.05) is 31.2 Å². The molecule has 128 valence electrons. The first-order valence-electron chi connectivity index (χ1n) is 8.31. The van der Waals surface area contributed by atoms with E-state index < -0.39 is 0 Å². The minimum absolute atomic E-state index is 0.272. The smallest absolute Gasteiger partial charge is 0.338 e. The molecular formula is C20H26N2O2. The van der Waals surface area contributed by atoms with Crippen LogP contribution in [0.3, 0.4) is 0 Å². The first-order chi connectivity index (χ1) is 11.6. The van der Waals surface area contributed by atoms with Crippen LogP contribution in [0.5, 0.6) is 0 Å². The molecule has 2 aromatic carbocycles. The summed E-state index contributed by atoms with van der Waals surface area (Å²) < 4.78 is 5.11. The molecule has 0 saturated heterocycles. The molecule has 0 bridgehead atoms. The normalized spacial score (nSPS) is 10.7. The number of carbonyl (C=O) groups is 1. The molecule has 0 N–H and O–H groups in total. The van der Waals surface area contributed by atoms with Crippen LogP contribution in [0.4, 0.5) is 5.69 Å². The van der Waals surface area contributed by atoms with Gasteiger partial charge in [-0.05, 0) is 44.8 Å². The Morgan fingerprint density at radius 2 is 1.75 bits per heavy atom. The summed E-state index contributed by atoms with van der Waals surface area (Å²) in [6.07, 6.45) is 0. The molecule has 0 aliphatic heterocycles. The number of hydrogen-bond acceptors (Lipinski definition) is 4. The largest absolute Gasteiger partial charge is 0.462 e. The van der Waals surface area contributed by atoms with E-state index in [0.717, 1.165) is 25.3 Å². The fraction of sp³-hybridized carbons (Fsp3) is 0.350. The molecule has 0 aromatic heterocycles. The molecule has 4 nitrogen and oxygen atoms in total. The lowest BCUT2D eigenvalue weighted by atomic mass is 10.1. The van der Waals surface area contributed by atoms with Gasteiger partial charge < -0.3 is 14.5 Å². The first kappa shape index (κ1) is 18.0. The Kier molecular flexibility index (Phi) is 6.82. The summed E-state index contributed by atoms with van der Waals surface area (Å²) in [6.45, 7) is 4.84. The molecule has 0 fully saturated rings. The van der Waals surface area contributed by atoms with Gasteiger partial charge in [0.1, 0.15) is 0 Å². The highest BCUT2D eigenvalue weighted by Crippen LogP contribution is 2.19. The van der Waals surface area contributed by atoms with Gasteiger partial charge in [0.2, 0.25) is 0 Å². The second-order valence-electron chi connectivity index (χ2n) is 5.98. The zero-order valence-electron chi connectivity index (χ0n) is 14.7. The third-order valence-electron chi connectivity index (χ3n) is 3.76. The van der Waals surface area contributed by atoms with Crippen LogP contribution in [0.2, 0.25) is 0 Å². The average Bonchev–Trinajstić information content (AvgIpc) is 2.59. The summed E-state index contributed by atoms with van der Waals surface area (Å²) in [4.78, 5) is 16.4. The van der Waals surface area contributed by atoms with Gasteiger partial charge in [-0.3, -0.25) is 0 Å². The van der Waals surface area contributed by atoms with Crippen molar-refractivity contribution in [3.8, 4) is 0 Å². The molecule has 2 rings (SSSR count).